The highest BCUT2D eigenvalue weighted by atomic mass is 16.5. The number of para-hydroxylation sites is 1. The molecule has 3 nitrogen and oxygen atoms in total. The van der Waals surface area contributed by atoms with Gasteiger partial charge in [0.1, 0.15) is 11.0 Å². The summed E-state index contributed by atoms with van der Waals surface area (Å²) in [4.78, 5) is 12.3. The molecule has 1 aromatic heterocycles. The number of fused-ring (bicyclic) bond motifs is 3. The lowest BCUT2D eigenvalue weighted by Gasteiger charge is -2.21. The molecular formula is C20H16O3. The average molecular weight is 304 g/mol. The Labute approximate surface area is 133 Å². The highest BCUT2D eigenvalue weighted by Gasteiger charge is 2.30. The second-order valence-electron chi connectivity index (χ2n) is 5.69. The zero-order valence-electron chi connectivity index (χ0n) is 12.7. The van der Waals surface area contributed by atoms with E-state index in [0.717, 1.165) is 27.2 Å². The van der Waals surface area contributed by atoms with Crippen molar-refractivity contribution in [3.63, 3.8) is 0 Å². The Kier molecular flexibility index (Phi) is 3.27. The summed E-state index contributed by atoms with van der Waals surface area (Å²) in [6.45, 7) is 0. The van der Waals surface area contributed by atoms with E-state index in [-0.39, 0.29) is 17.8 Å². The number of esters is 1. The molecule has 3 heteroatoms. The van der Waals surface area contributed by atoms with E-state index < -0.39 is 0 Å². The first-order chi connectivity index (χ1) is 11.3. The van der Waals surface area contributed by atoms with E-state index in [1.807, 2.05) is 60.7 Å². The number of ether oxygens (including phenoxy) is 1. The van der Waals surface area contributed by atoms with Gasteiger partial charge in [-0.25, -0.2) is 0 Å². The fourth-order valence-electron chi connectivity index (χ4n) is 3.26. The van der Waals surface area contributed by atoms with Gasteiger partial charge in [0.15, 0.2) is 0 Å². The van der Waals surface area contributed by atoms with Crippen LogP contribution in [0.15, 0.2) is 59.0 Å². The number of carbonyl (C=O) groups is 1. The van der Waals surface area contributed by atoms with Crippen LogP contribution in [-0.2, 0) is 9.53 Å². The van der Waals surface area contributed by atoms with Gasteiger partial charge >= 0.3 is 5.97 Å². The molecule has 1 heterocycles. The maximum atomic E-state index is 12.3. The minimum atomic E-state index is -0.379. The number of furan rings is 1. The van der Waals surface area contributed by atoms with Gasteiger partial charge < -0.3 is 9.15 Å². The van der Waals surface area contributed by atoms with Crippen LogP contribution in [0.4, 0.5) is 0 Å². The predicted molar refractivity (Wildman–Crippen MR) is 89.1 cm³/mol. The van der Waals surface area contributed by atoms with Crippen LogP contribution in [0.1, 0.15) is 11.5 Å². The summed E-state index contributed by atoms with van der Waals surface area (Å²) < 4.78 is 10.9. The van der Waals surface area contributed by atoms with Gasteiger partial charge in [0.05, 0.1) is 13.0 Å². The summed E-state index contributed by atoms with van der Waals surface area (Å²) in [5.41, 5.74) is 2.67. The number of rotatable bonds is 2. The maximum absolute atomic E-state index is 12.3. The average Bonchev–Trinajstić information content (AvgIpc) is 2.98. The van der Waals surface area contributed by atoms with Gasteiger partial charge in [0.2, 0.25) is 0 Å². The SMILES string of the molecule is COC(=O)C1C=c2oc3ccccc3c2=CC1c1ccccc1. The summed E-state index contributed by atoms with van der Waals surface area (Å²) >= 11 is 0. The van der Waals surface area contributed by atoms with Crippen LogP contribution < -0.4 is 10.6 Å². The molecule has 0 N–H and O–H groups in total. The molecule has 0 radical (unpaired) electrons. The first kappa shape index (κ1) is 13.8. The van der Waals surface area contributed by atoms with Crippen molar-refractivity contribution in [3.8, 4) is 0 Å². The number of methoxy groups -OCH3 is 1. The molecule has 0 amide bonds. The monoisotopic (exact) mass is 304 g/mol. The van der Waals surface area contributed by atoms with Crippen LogP contribution in [0.5, 0.6) is 0 Å². The van der Waals surface area contributed by atoms with E-state index in [4.69, 9.17) is 9.15 Å². The smallest absolute Gasteiger partial charge is 0.313 e. The van der Waals surface area contributed by atoms with Gasteiger partial charge in [-0.1, -0.05) is 54.6 Å². The highest BCUT2D eigenvalue weighted by molar-refractivity contribution is 5.86. The standard InChI is InChI=1S/C20H16O3/c1-22-20(21)17-12-19-16(14-9-5-6-10-18(14)23-19)11-15(17)13-7-3-2-4-8-13/h2-12,15,17H,1H3. The van der Waals surface area contributed by atoms with Crippen molar-refractivity contribution in [2.24, 2.45) is 5.92 Å². The third-order valence-corrected chi connectivity index (χ3v) is 4.38. The molecule has 4 rings (SSSR count). The molecule has 0 saturated heterocycles. The van der Waals surface area contributed by atoms with E-state index in [9.17, 15) is 4.79 Å². The van der Waals surface area contributed by atoms with Crippen LogP contribution >= 0.6 is 0 Å². The van der Waals surface area contributed by atoms with Crippen molar-refractivity contribution in [1.29, 1.82) is 0 Å². The van der Waals surface area contributed by atoms with Crippen molar-refractivity contribution in [1.82, 2.24) is 0 Å². The van der Waals surface area contributed by atoms with Crippen LogP contribution in [0.3, 0.4) is 0 Å². The zero-order chi connectivity index (χ0) is 15.8. The molecule has 1 aliphatic carbocycles. The fourth-order valence-corrected chi connectivity index (χ4v) is 3.26. The summed E-state index contributed by atoms with van der Waals surface area (Å²) in [6.07, 6.45) is 4.01. The number of hydrogen-bond donors (Lipinski definition) is 0. The fraction of sp³-hybridized carbons (Fsp3) is 0.150. The third-order valence-electron chi connectivity index (χ3n) is 4.38. The minimum Gasteiger partial charge on any atom is -0.469 e. The van der Waals surface area contributed by atoms with Crippen molar-refractivity contribution in [3.05, 3.63) is 70.8 Å². The second-order valence-corrected chi connectivity index (χ2v) is 5.69. The molecule has 0 spiro atoms. The highest BCUT2D eigenvalue weighted by Crippen LogP contribution is 2.30. The van der Waals surface area contributed by atoms with Gasteiger partial charge in [-0.2, -0.15) is 0 Å². The molecular weight excluding hydrogens is 288 g/mol. The molecule has 23 heavy (non-hydrogen) atoms. The lowest BCUT2D eigenvalue weighted by molar-refractivity contribution is -0.143. The molecule has 2 atom stereocenters. The van der Waals surface area contributed by atoms with Gasteiger partial charge in [-0.15, -0.1) is 0 Å². The van der Waals surface area contributed by atoms with E-state index >= 15 is 0 Å². The lowest BCUT2D eigenvalue weighted by Crippen LogP contribution is -2.33. The van der Waals surface area contributed by atoms with Crippen molar-refractivity contribution in [2.45, 2.75) is 5.92 Å². The molecule has 0 saturated carbocycles. The van der Waals surface area contributed by atoms with Crippen molar-refractivity contribution < 1.29 is 13.9 Å². The maximum Gasteiger partial charge on any atom is 0.313 e. The molecule has 0 fully saturated rings. The van der Waals surface area contributed by atoms with Crippen LogP contribution in [-0.4, -0.2) is 13.1 Å². The molecule has 2 aromatic carbocycles. The minimum absolute atomic E-state index is 0.0582. The Morgan fingerprint density at radius 1 is 1.00 bits per heavy atom. The molecule has 0 bridgehead atoms. The molecule has 114 valence electrons. The van der Waals surface area contributed by atoms with Crippen LogP contribution in [0.25, 0.3) is 23.1 Å². The van der Waals surface area contributed by atoms with E-state index in [0.29, 0.717) is 0 Å². The number of hydrogen-bond acceptors (Lipinski definition) is 3. The van der Waals surface area contributed by atoms with Gasteiger partial charge in [-0.05, 0) is 17.7 Å². The summed E-state index contributed by atoms with van der Waals surface area (Å²) in [6, 6.07) is 18.0. The van der Waals surface area contributed by atoms with E-state index in [1.165, 1.54) is 7.11 Å². The Morgan fingerprint density at radius 2 is 1.74 bits per heavy atom. The second kappa shape index (κ2) is 5.43. The Hall–Kier alpha value is -2.81. The van der Waals surface area contributed by atoms with Crippen LogP contribution in [0.2, 0.25) is 0 Å². The Morgan fingerprint density at radius 3 is 2.52 bits per heavy atom. The van der Waals surface area contributed by atoms with Crippen molar-refractivity contribution >= 4 is 29.1 Å². The molecule has 2 unspecified atom stereocenters. The summed E-state index contributed by atoms with van der Waals surface area (Å²) in [7, 11) is 1.42. The van der Waals surface area contributed by atoms with Crippen molar-refractivity contribution in [2.75, 3.05) is 7.11 Å². The normalized spacial score (nSPS) is 19.5. The lowest BCUT2D eigenvalue weighted by atomic mass is 9.82. The first-order valence-corrected chi connectivity index (χ1v) is 7.62. The topological polar surface area (TPSA) is 39.4 Å². The Balaban J connectivity index is 1.98. The van der Waals surface area contributed by atoms with E-state index in [1.54, 1.807) is 0 Å². The molecule has 0 aliphatic heterocycles. The zero-order valence-corrected chi connectivity index (χ0v) is 12.7. The number of benzene rings is 2. The predicted octanol–water partition coefficient (Wildman–Crippen LogP) is 2.58. The molecule has 3 aromatic rings. The summed E-state index contributed by atoms with van der Waals surface area (Å²) in [5.74, 6) is -0.686. The largest absolute Gasteiger partial charge is 0.469 e. The van der Waals surface area contributed by atoms with Gasteiger partial charge in [0, 0.05) is 16.5 Å². The van der Waals surface area contributed by atoms with Gasteiger partial charge in [-0.3, -0.25) is 4.79 Å². The van der Waals surface area contributed by atoms with Gasteiger partial charge in [0.25, 0.3) is 0 Å². The summed E-state index contributed by atoms with van der Waals surface area (Å²) in [5, 5.41) is 2.12. The van der Waals surface area contributed by atoms with Crippen LogP contribution in [0, 0.1) is 5.92 Å². The third kappa shape index (κ3) is 2.25. The number of carbonyl (C=O) groups excluding carboxylic acids is 1. The molecule has 1 aliphatic rings. The Bertz CT molecular complexity index is 983. The first-order valence-electron chi connectivity index (χ1n) is 7.62. The quantitative estimate of drug-likeness (QED) is 0.683. The van der Waals surface area contributed by atoms with E-state index in [2.05, 4.69) is 6.08 Å².